The van der Waals surface area contributed by atoms with E-state index in [1.165, 1.54) is 28.6 Å². The molecular formula is C23H28N2O6S2. The summed E-state index contributed by atoms with van der Waals surface area (Å²) in [4.78, 5) is 28.1. The largest absolute Gasteiger partial charge is 0.452 e. The summed E-state index contributed by atoms with van der Waals surface area (Å²) in [6, 6.07) is 9.63. The van der Waals surface area contributed by atoms with Crippen molar-refractivity contribution in [3.63, 3.8) is 0 Å². The topological polar surface area (TPSA) is 93.2 Å². The first kappa shape index (κ1) is 23.9. The predicted octanol–water partition coefficient (Wildman–Crippen LogP) is 3.07. The molecule has 8 nitrogen and oxygen atoms in total. The van der Waals surface area contributed by atoms with Crippen molar-refractivity contribution in [3.05, 3.63) is 52.2 Å². The number of carbonyl (C=O) groups is 2. The van der Waals surface area contributed by atoms with E-state index in [1.54, 1.807) is 16.2 Å². The highest BCUT2D eigenvalue weighted by Gasteiger charge is 2.33. The van der Waals surface area contributed by atoms with Crippen molar-refractivity contribution in [1.29, 1.82) is 0 Å². The van der Waals surface area contributed by atoms with E-state index in [4.69, 9.17) is 9.47 Å². The van der Waals surface area contributed by atoms with E-state index in [0.717, 1.165) is 17.7 Å². The first-order chi connectivity index (χ1) is 15.8. The molecule has 2 aromatic rings. The highest BCUT2D eigenvalue weighted by atomic mass is 32.2. The molecule has 2 saturated heterocycles. The number of thiophene rings is 1. The average molecular weight is 493 g/mol. The molecular weight excluding hydrogens is 464 g/mol. The summed E-state index contributed by atoms with van der Waals surface area (Å²) in [5.74, 6) is -0.887. The maximum absolute atomic E-state index is 13.0. The molecule has 3 atom stereocenters. The fraction of sp³-hybridized carbons (Fsp3) is 0.478. The van der Waals surface area contributed by atoms with Crippen LogP contribution >= 0.6 is 11.3 Å². The number of hydrogen-bond acceptors (Lipinski definition) is 7. The second-order valence-corrected chi connectivity index (χ2v) is 11.4. The molecule has 178 valence electrons. The molecule has 0 N–H and O–H groups in total. The second-order valence-electron chi connectivity index (χ2n) is 8.44. The molecule has 0 aliphatic carbocycles. The molecule has 1 aromatic carbocycles. The molecule has 4 rings (SSSR count). The lowest BCUT2D eigenvalue weighted by Gasteiger charge is -2.34. The Balaban J connectivity index is 1.36. The Labute approximate surface area is 198 Å². The third-order valence-corrected chi connectivity index (χ3v) is 8.70. The van der Waals surface area contributed by atoms with Gasteiger partial charge >= 0.3 is 5.97 Å². The molecule has 10 heteroatoms. The minimum Gasteiger partial charge on any atom is -0.452 e. The molecule has 0 bridgehead atoms. The van der Waals surface area contributed by atoms with E-state index in [2.05, 4.69) is 0 Å². The Morgan fingerprint density at radius 2 is 1.82 bits per heavy atom. The van der Waals surface area contributed by atoms with E-state index < -0.39 is 16.0 Å². The number of amides is 1. The summed E-state index contributed by atoms with van der Waals surface area (Å²) in [5, 5.41) is 1.99. The second kappa shape index (κ2) is 9.92. The van der Waals surface area contributed by atoms with E-state index >= 15 is 0 Å². The standard InChI is InChI=1S/C23H28N2O6S2/c1-16-13-24(14-17(2)31-16)33(28,29)19-9-7-18(8-10-19)23(27)30-15-22(26)25-11-3-5-20(25)21-6-4-12-32-21/h4,6-10,12,16-17,20H,3,5,11,13-15H2,1-2H3. The quantitative estimate of drug-likeness (QED) is 0.576. The van der Waals surface area contributed by atoms with Crippen LogP contribution in [0.5, 0.6) is 0 Å². The van der Waals surface area contributed by atoms with E-state index in [9.17, 15) is 18.0 Å². The summed E-state index contributed by atoms with van der Waals surface area (Å²) in [6.07, 6.45) is 1.44. The molecule has 2 aliphatic rings. The van der Waals surface area contributed by atoms with Gasteiger partial charge in [0.1, 0.15) is 0 Å². The number of nitrogens with zero attached hydrogens (tertiary/aromatic N) is 2. The van der Waals surface area contributed by atoms with Gasteiger partial charge in [-0.1, -0.05) is 6.07 Å². The molecule has 2 fully saturated rings. The lowest BCUT2D eigenvalue weighted by atomic mass is 10.2. The third-order valence-electron chi connectivity index (χ3n) is 5.89. The van der Waals surface area contributed by atoms with Crippen molar-refractivity contribution in [2.75, 3.05) is 26.2 Å². The Bertz CT molecular complexity index is 1070. The lowest BCUT2D eigenvalue weighted by Crippen LogP contribution is -2.48. The lowest BCUT2D eigenvalue weighted by molar-refractivity contribution is -0.135. The fourth-order valence-corrected chi connectivity index (χ4v) is 6.84. The Morgan fingerprint density at radius 1 is 1.12 bits per heavy atom. The number of esters is 1. The van der Waals surface area contributed by atoms with Crippen LogP contribution in [0.15, 0.2) is 46.7 Å². The van der Waals surface area contributed by atoms with Crippen molar-refractivity contribution in [2.45, 2.75) is 49.8 Å². The summed E-state index contributed by atoms with van der Waals surface area (Å²) >= 11 is 1.62. The monoisotopic (exact) mass is 492 g/mol. The zero-order chi connectivity index (χ0) is 23.6. The maximum Gasteiger partial charge on any atom is 0.338 e. The van der Waals surface area contributed by atoms with Crippen LogP contribution in [-0.2, 0) is 24.3 Å². The number of benzene rings is 1. The smallest absolute Gasteiger partial charge is 0.338 e. The Kier molecular flexibility index (Phi) is 7.18. The summed E-state index contributed by atoms with van der Waals surface area (Å²) in [7, 11) is -3.69. The van der Waals surface area contributed by atoms with Crippen LogP contribution in [0.25, 0.3) is 0 Å². The molecule has 33 heavy (non-hydrogen) atoms. The molecule has 1 amide bonds. The Hall–Kier alpha value is -2.27. The fourth-order valence-electron chi connectivity index (χ4n) is 4.37. The van der Waals surface area contributed by atoms with E-state index in [-0.39, 0.29) is 54.3 Å². The number of ether oxygens (including phenoxy) is 2. The van der Waals surface area contributed by atoms with Crippen LogP contribution in [-0.4, -0.2) is 67.9 Å². The van der Waals surface area contributed by atoms with Gasteiger partial charge in [0.2, 0.25) is 10.0 Å². The number of sulfonamides is 1. The van der Waals surface area contributed by atoms with Crippen molar-refractivity contribution < 1.29 is 27.5 Å². The van der Waals surface area contributed by atoms with E-state index in [0.29, 0.717) is 6.54 Å². The van der Waals surface area contributed by atoms with Gasteiger partial charge in [-0.25, -0.2) is 13.2 Å². The van der Waals surface area contributed by atoms with Gasteiger partial charge in [0.15, 0.2) is 6.61 Å². The summed E-state index contributed by atoms with van der Waals surface area (Å²) < 4.78 is 38.2. The van der Waals surface area contributed by atoms with Gasteiger partial charge in [0, 0.05) is 24.5 Å². The number of likely N-dealkylation sites (tertiary alicyclic amines) is 1. The molecule has 1 aromatic heterocycles. The molecule has 0 spiro atoms. The van der Waals surface area contributed by atoms with Crippen LogP contribution in [0.1, 0.15) is 48.0 Å². The third kappa shape index (κ3) is 5.29. The van der Waals surface area contributed by atoms with Gasteiger partial charge < -0.3 is 14.4 Å². The zero-order valence-electron chi connectivity index (χ0n) is 18.7. The average Bonchev–Trinajstić information content (AvgIpc) is 3.48. The molecule has 0 radical (unpaired) electrons. The highest BCUT2D eigenvalue weighted by molar-refractivity contribution is 7.89. The van der Waals surface area contributed by atoms with Gasteiger partial charge in [-0.15, -0.1) is 11.3 Å². The van der Waals surface area contributed by atoms with Crippen molar-refractivity contribution >= 4 is 33.2 Å². The maximum atomic E-state index is 13.0. The van der Waals surface area contributed by atoms with E-state index in [1.807, 2.05) is 31.4 Å². The molecule has 3 heterocycles. The van der Waals surface area contributed by atoms with Gasteiger partial charge in [-0.3, -0.25) is 4.79 Å². The normalized spacial score (nSPS) is 24.1. The minimum atomic E-state index is -3.69. The first-order valence-electron chi connectivity index (χ1n) is 11.0. The number of hydrogen-bond donors (Lipinski definition) is 0. The van der Waals surface area contributed by atoms with Crippen molar-refractivity contribution in [1.82, 2.24) is 9.21 Å². The molecule has 0 saturated carbocycles. The van der Waals surface area contributed by atoms with Crippen LogP contribution in [0.2, 0.25) is 0 Å². The van der Waals surface area contributed by atoms with Crippen LogP contribution in [0.3, 0.4) is 0 Å². The minimum absolute atomic E-state index is 0.0336. The van der Waals surface area contributed by atoms with Crippen molar-refractivity contribution in [3.8, 4) is 0 Å². The summed E-state index contributed by atoms with van der Waals surface area (Å²) in [6.45, 7) is 4.53. The van der Waals surface area contributed by atoms with Gasteiger partial charge in [0.25, 0.3) is 5.91 Å². The molecule has 2 aliphatic heterocycles. The number of morpholine rings is 1. The van der Waals surface area contributed by atoms with Crippen LogP contribution in [0.4, 0.5) is 0 Å². The van der Waals surface area contributed by atoms with Gasteiger partial charge in [-0.05, 0) is 62.4 Å². The van der Waals surface area contributed by atoms with Crippen LogP contribution < -0.4 is 0 Å². The molecule has 3 unspecified atom stereocenters. The summed E-state index contributed by atoms with van der Waals surface area (Å²) in [5.41, 5.74) is 0.196. The van der Waals surface area contributed by atoms with Gasteiger partial charge in [-0.2, -0.15) is 4.31 Å². The number of carbonyl (C=O) groups excluding carboxylic acids is 2. The first-order valence-corrected chi connectivity index (χ1v) is 13.3. The van der Waals surface area contributed by atoms with Crippen molar-refractivity contribution in [2.24, 2.45) is 0 Å². The predicted molar refractivity (Wildman–Crippen MR) is 123 cm³/mol. The van der Waals surface area contributed by atoms with Gasteiger partial charge in [0.05, 0.1) is 28.7 Å². The van der Waals surface area contributed by atoms with Crippen LogP contribution in [0, 0.1) is 0 Å². The Morgan fingerprint density at radius 3 is 2.45 bits per heavy atom. The number of rotatable bonds is 6. The highest BCUT2D eigenvalue weighted by Crippen LogP contribution is 2.34. The SMILES string of the molecule is CC1CN(S(=O)(=O)c2ccc(C(=O)OCC(=O)N3CCCC3c3cccs3)cc2)CC(C)O1. The zero-order valence-corrected chi connectivity index (χ0v) is 20.3.